The minimum atomic E-state index is 0.949. The predicted molar refractivity (Wildman–Crippen MR) is 413 cm³/mol. The number of para-hydroxylation sites is 6. The van der Waals surface area contributed by atoms with Gasteiger partial charge in [-0.3, -0.25) is 24.9 Å². The summed E-state index contributed by atoms with van der Waals surface area (Å²) in [6, 6.07) is 125. The Balaban J connectivity index is 0.000000105. The smallest absolute Gasteiger partial charge is 0.0929 e. The summed E-state index contributed by atoms with van der Waals surface area (Å²) in [5, 5.41) is 26.6. The number of rotatable bonds is 0. The third kappa shape index (κ3) is 18.5. The number of hydrogen-bond donors (Lipinski definition) is 0. The molecule has 0 radical (unpaired) electrons. The van der Waals surface area contributed by atoms with Crippen molar-refractivity contribution in [2.45, 2.75) is 0 Å². The Morgan fingerprint density at radius 1 is 0.153 bits per heavy atom. The van der Waals surface area contributed by atoms with Crippen LogP contribution in [0.1, 0.15) is 0 Å². The number of nitrogens with zero attached hydrogens (tertiary/aromatic N) is 8. The molecule has 0 spiro atoms. The molecule has 0 aliphatic carbocycles. The Morgan fingerprint density at radius 3 is 0.776 bits per heavy atom. The average Bonchev–Trinajstić information content (AvgIpc) is 0.847. The van der Waals surface area contributed by atoms with Gasteiger partial charge in [0.15, 0.2) is 0 Å². The standard InChI is InChI=1S/C14H10.C13H9N.2C10H8.3C9H7N.2C8H6N2/c1-2-6-12-10-14-8-4-3-7-13(14)9-11(12)5-1;1-3-7-12-10(5-1)9-11-6-2-4-8-13(11)14-12;2*1-2-6-10-8-4-3-7-9(10)5-1;2*1-2-6-9-8(4-1)5-3-7-10-9;1-2-4-9-7-10-6-5-8(9)3-1;1-2-4-8-7(3-1)9-5-6-10-8;1-2-4-8-7(3-1)5-6-9-10-8/h1-10H;1-9H;2*1-8H;3*1-7H;2*1-6H. The second kappa shape index (κ2) is 34.6. The fourth-order valence-electron chi connectivity index (χ4n) is 10.8. The second-order valence-corrected chi connectivity index (χ2v) is 22.4. The first-order valence-electron chi connectivity index (χ1n) is 32.3. The summed E-state index contributed by atoms with van der Waals surface area (Å²) in [4.78, 5) is 25.2. The summed E-state index contributed by atoms with van der Waals surface area (Å²) in [5.41, 5.74) is 7.09. The van der Waals surface area contributed by atoms with E-state index in [9.17, 15) is 0 Å². The van der Waals surface area contributed by atoms with Gasteiger partial charge in [-0.05, 0) is 139 Å². The van der Waals surface area contributed by atoms with Crippen LogP contribution in [0.5, 0.6) is 0 Å². The molecule has 8 nitrogen and oxygen atoms in total. The van der Waals surface area contributed by atoms with Gasteiger partial charge >= 0.3 is 0 Å². The van der Waals surface area contributed by atoms with E-state index in [1.807, 2.05) is 183 Å². The summed E-state index contributed by atoms with van der Waals surface area (Å²) in [7, 11) is 0. The van der Waals surface area contributed by atoms with Crippen molar-refractivity contribution < 1.29 is 0 Å². The van der Waals surface area contributed by atoms with Crippen LogP contribution in [0.3, 0.4) is 0 Å². The van der Waals surface area contributed by atoms with Crippen molar-refractivity contribution in [2.75, 3.05) is 0 Å². The molecule has 0 amide bonds. The molecule has 0 saturated heterocycles. The summed E-state index contributed by atoms with van der Waals surface area (Å²) < 4.78 is 0. The van der Waals surface area contributed by atoms with Gasteiger partial charge in [0.1, 0.15) is 0 Å². The molecule has 468 valence electrons. The monoisotopic (exact) mass is 1260 g/mol. The predicted octanol–water partition coefficient (Wildman–Crippen LogP) is 23.0. The largest absolute Gasteiger partial charge is 0.264 e. The van der Waals surface area contributed by atoms with Gasteiger partial charge in [-0.2, -0.15) is 10.2 Å². The zero-order valence-corrected chi connectivity index (χ0v) is 53.8. The molecule has 14 aromatic carbocycles. The molecule has 20 rings (SSSR count). The third-order valence-corrected chi connectivity index (χ3v) is 15.7. The van der Waals surface area contributed by atoms with Crippen LogP contribution in [0.25, 0.3) is 119 Å². The number of benzene rings is 14. The maximum atomic E-state index is 4.58. The average molecular weight is 1260 g/mol. The van der Waals surface area contributed by atoms with Gasteiger partial charge in [0.05, 0.1) is 44.8 Å². The lowest BCUT2D eigenvalue weighted by molar-refractivity contribution is 1.08. The lowest BCUT2D eigenvalue weighted by Crippen LogP contribution is -1.80. The lowest BCUT2D eigenvalue weighted by Gasteiger charge is -2.00. The van der Waals surface area contributed by atoms with E-state index < -0.39 is 0 Å². The first-order chi connectivity index (χ1) is 48.6. The van der Waals surface area contributed by atoms with Crippen molar-refractivity contribution in [3.8, 4) is 0 Å². The van der Waals surface area contributed by atoms with Crippen LogP contribution in [0.2, 0.25) is 0 Å². The van der Waals surface area contributed by atoms with Gasteiger partial charge in [-0.25, -0.2) is 4.98 Å². The first-order valence-corrected chi connectivity index (χ1v) is 32.3. The Labute approximate surface area is 569 Å². The van der Waals surface area contributed by atoms with Gasteiger partial charge in [0.2, 0.25) is 0 Å². The normalized spacial score (nSPS) is 10.2. The molecule has 6 heterocycles. The van der Waals surface area contributed by atoms with E-state index in [4.69, 9.17) is 0 Å². The fraction of sp³-hybridized carbons (Fsp3) is 0. The Morgan fingerprint density at radius 2 is 0.408 bits per heavy atom. The van der Waals surface area contributed by atoms with Crippen molar-refractivity contribution in [2.24, 2.45) is 0 Å². The molecule has 20 aromatic rings. The van der Waals surface area contributed by atoms with Crippen molar-refractivity contribution in [1.29, 1.82) is 0 Å². The van der Waals surface area contributed by atoms with Crippen LogP contribution in [-0.2, 0) is 0 Å². The van der Waals surface area contributed by atoms with Crippen LogP contribution in [0.15, 0.2) is 413 Å². The summed E-state index contributed by atoms with van der Waals surface area (Å²) in [6.45, 7) is 0. The van der Waals surface area contributed by atoms with Crippen molar-refractivity contribution >= 4 is 119 Å². The van der Waals surface area contributed by atoms with Gasteiger partial charge in [0.25, 0.3) is 0 Å². The SMILES string of the molecule is c1ccc2cc3ccccc3cc2c1.c1ccc2ccccc2c1.c1ccc2ccccc2c1.c1ccc2cnccc2c1.c1ccc2nc3ccccc3cc2c1.c1ccc2ncccc2c1.c1ccc2ncccc2c1.c1ccc2nccnc2c1.c1ccc2nnccc2c1. The van der Waals surface area contributed by atoms with E-state index >= 15 is 0 Å². The van der Waals surface area contributed by atoms with Crippen LogP contribution in [-0.4, -0.2) is 40.1 Å². The first kappa shape index (κ1) is 64.8. The number of hydrogen-bond acceptors (Lipinski definition) is 8. The number of pyridine rings is 4. The Hall–Kier alpha value is -13.3. The van der Waals surface area contributed by atoms with E-state index in [1.54, 1.807) is 18.6 Å². The topological polar surface area (TPSA) is 103 Å². The van der Waals surface area contributed by atoms with E-state index in [0.717, 1.165) is 44.0 Å². The van der Waals surface area contributed by atoms with E-state index in [0.29, 0.717) is 0 Å². The van der Waals surface area contributed by atoms with E-state index in [-0.39, 0.29) is 0 Å². The molecule has 0 bridgehead atoms. The van der Waals surface area contributed by atoms with Crippen LogP contribution >= 0.6 is 0 Å². The highest BCUT2D eigenvalue weighted by Crippen LogP contribution is 2.23. The molecule has 0 saturated carbocycles. The van der Waals surface area contributed by atoms with Crippen molar-refractivity contribution in [3.05, 3.63) is 413 Å². The molecular weight excluding hydrogens is 1190 g/mol. The van der Waals surface area contributed by atoms with Crippen LogP contribution in [0.4, 0.5) is 0 Å². The quantitative estimate of drug-likeness (QED) is 0.138. The lowest BCUT2D eigenvalue weighted by atomic mass is 10.0. The van der Waals surface area contributed by atoms with Gasteiger partial charge in [0, 0.05) is 64.1 Å². The van der Waals surface area contributed by atoms with Gasteiger partial charge in [-0.1, -0.05) is 285 Å². The highest BCUT2D eigenvalue weighted by atomic mass is 15.1. The molecular formula is C90H68N8. The van der Waals surface area contributed by atoms with Crippen molar-refractivity contribution in [3.63, 3.8) is 0 Å². The fourth-order valence-corrected chi connectivity index (χ4v) is 10.8. The second-order valence-electron chi connectivity index (χ2n) is 22.4. The zero-order valence-electron chi connectivity index (χ0n) is 53.8. The Bertz CT molecular complexity index is 4370. The van der Waals surface area contributed by atoms with Crippen LogP contribution in [0, 0.1) is 0 Å². The molecule has 0 unspecified atom stereocenters. The maximum absolute atomic E-state index is 4.58. The number of fused-ring (bicyclic) bond motifs is 11. The van der Waals surface area contributed by atoms with Crippen LogP contribution < -0.4 is 0 Å². The molecule has 0 fully saturated rings. The highest BCUT2D eigenvalue weighted by Gasteiger charge is 1.99. The van der Waals surface area contributed by atoms with Crippen molar-refractivity contribution in [1.82, 2.24) is 40.1 Å². The molecule has 98 heavy (non-hydrogen) atoms. The molecule has 0 atom stereocenters. The van der Waals surface area contributed by atoms with E-state index in [2.05, 4.69) is 252 Å². The Kier molecular flexibility index (Phi) is 22.8. The maximum Gasteiger partial charge on any atom is 0.0929 e. The molecule has 0 aliphatic heterocycles. The molecule has 0 aliphatic rings. The molecule has 8 heteroatoms. The number of aromatic nitrogens is 8. The summed E-state index contributed by atoms with van der Waals surface area (Å²) >= 11 is 0. The van der Waals surface area contributed by atoms with E-state index in [1.165, 1.54) is 75.4 Å². The van der Waals surface area contributed by atoms with Gasteiger partial charge < -0.3 is 0 Å². The van der Waals surface area contributed by atoms with Gasteiger partial charge in [-0.15, -0.1) is 0 Å². The highest BCUT2D eigenvalue weighted by molar-refractivity contribution is 5.98. The molecule has 6 aromatic heterocycles. The summed E-state index contributed by atoms with van der Waals surface area (Å²) in [5.74, 6) is 0. The zero-order chi connectivity index (χ0) is 66.4. The molecule has 0 N–H and O–H groups in total. The third-order valence-electron chi connectivity index (χ3n) is 15.7. The minimum Gasteiger partial charge on any atom is -0.264 e. The summed E-state index contributed by atoms with van der Waals surface area (Å²) in [6.07, 6.45) is 12.4. The minimum absolute atomic E-state index is 0.949.